The Kier molecular flexibility index (Phi) is 6.75. The number of nitrogens with zero attached hydrogens (tertiary/aromatic N) is 4. The van der Waals surface area contributed by atoms with Crippen LogP contribution in [0, 0.1) is 0 Å². The minimum Gasteiger partial charge on any atom is -0.456 e. The van der Waals surface area contributed by atoms with Crippen LogP contribution in [0.5, 0.6) is 0 Å². The van der Waals surface area contributed by atoms with E-state index in [9.17, 15) is 2.74 Å². The van der Waals surface area contributed by atoms with Crippen molar-refractivity contribution in [1.29, 1.82) is 0 Å². The fourth-order valence-corrected chi connectivity index (χ4v) is 10.2. The zero-order valence-corrected chi connectivity index (χ0v) is 34.1. The molecular formula is C57H34N4OS. The van der Waals surface area contributed by atoms with Gasteiger partial charge in [0.1, 0.15) is 11.2 Å². The van der Waals surface area contributed by atoms with Gasteiger partial charge in [-0.05, 0) is 59.6 Å². The maximum Gasteiger partial charge on any atom is 0.164 e. The van der Waals surface area contributed by atoms with Gasteiger partial charge in [-0.2, -0.15) is 0 Å². The van der Waals surface area contributed by atoms with E-state index in [0.29, 0.717) is 45.4 Å². The van der Waals surface area contributed by atoms with Crippen molar-refractivity contribution in [3.05, 3.63) is 206 Å². The molecule has 5 nitrogen and oxygen atoms in total. The normalized spacial score (nSPS) is 13.1. The lowest BCUT2D eigenvalue weighted by Crippen LogP contribution is -2.00. The second-order valence-corrected chi connectivity index (χ2v) is 16.5. The lowest BCUT2D eigenvalue weighted by molar-refractivity contribution is 0.669. The lowest BCUT2D eigenvalue weighted by Gasteiger charge is -2.17. The maximum atomic E-state index is 9.28. The molecule has 0 saturated heterocycles. The molecule has 6 heteroatoms. The predicted octanol–water partition coefficient (Wildman–Crippen LogP) is 15.6. The molecule has 0 fully saturated rings. The van der Waals surface area contributed by atoms with Gasteiger partial charge in [0.25, 0.3) is 0 Å². The molecule has 294 valence electrons. The number of rotatable bonds is 6. The van der Waals surface area contributed by atoms with E-state index in [4.69, 9.17) is 24.9 Å². The van der Waals surface area contributed by atoms with Gasteiger partial charge < -0.3 is 8.98 Å². The van der Waals surface area contributed by atoms with Gasteiger partial charge >= 0.3 is 0 Å². The zero-order valence-electron chi connectivity index (χ0n) is 39.3. The molecule has 0 bridgehead atoms. The van der Waals surface area contributed by atoms with Gasteiger partial charge in [-0.1, -0.05) is 158 Å². The molecule has 4 heterocycles. The molecule has 13 aromatic rings. The third kappa shape index (κ3) is 5.73. The van der Waals surface area contributed by atoms with E-state index < -0.39 is 0 Å². The van der Waals surface area contributed by atoms with Crippen LogP contribution in [-0.4, -0.2) is 19.5 Å². The summed E-state index contributed by atoms with van der Waals surface area (Å²) < 4.78 is 64.6. The largest absolute Gasteiger partial charge is 0.456 e. The summed E-state index contributed by atoms with van der Waals surface area (Å²) in [5.74, 6) is 1.66. The molecule has 0 radical (unpaired) electrons. The van der Waals surface area contributed by atoms with E-state index in [1.807, 2.05) is 115 Å². The molecule has 0 unspecified atom stereocenters. The first-order chi connectivity index (χ1) is 33.7. The van der Waals surface area contributed by atoms with Crippen LogP contribution in [0.25, 0.3) is 126 Å². The van der Waals surface area contributed by atoms with Crippen molar-refractivity contribution in [1.82, 2.24) is 19.5 Å². The highest BCUT2D eigenvalue weighted by atomic mass is 32.1. The number of benzene rings is 9. The van der Waals surface area contributed by atoms with Crippen molar-refractivity contribution in [2.24, 2.45) is 0 Å². The second-order valence-electron chi connectivity index (χ2n) is 15.4. The van der Waals surface area contributed by atoms with Crippen molar-refractivity contribution in [3.8, 4) is 62.1 Å². The Balaban J connectivity index is 1.05. The van der Waals surface area contributed by atoms with Crippen molar-refractivity contribution in [3.63, 3.8) is 0 Å². The van der Waals surface area contributed by atoms with Crippen molar-refractivity contribution in [2.75, 3.05) is 0 Å². The Bertz CT molecular complexity index is 4150. The highest BCUT2D eigenvalue weighted by molar-refractivity contribution is 7.26. The summed E-state index contributed by atoms with van der Waals surface area (Å²) in [5.41, 5.74) is 8.71. The van der Waals surface area contributed by atoms with E-state index in [-0.39, 0.29) is 47.0 Å². The molecule has 4 aromatic heterocycles. The van der Waals surface area contributed by atoms with Gasteiger partial charge in [0.2, 0.25) is 0 Å². The number of hydrogen-bond donors (Lipinski definition) is 0. The Morgan fingerprint density at radius 3 is 1.78 bits per heavy atom. The first-order valence-corrected chi connectivity index (χ1v) is 21.4. The van der Waals surface area contributed by atoms with Gasteiger partial charge in [0.05, 0.1) is 24.9 Å². The SMILES string of the molecule is [2H]c1cc([2H])c2c(c1[2H])c1c([2H])c([2H])cc([2H])c1n2-c1ccc(-c2cccc3oc4cc(-c5nc(-c6ccccc6)nc(-c6ccccc6)n5)ccc4c23)cc1-c1cccc2c1sc1ccccc12. The minimum absolute atomic E-state index is 0.0126. The number of hydrogen-bond acceptors (Lipinski definition) is 5. The third-order valence-electron chi connectivity index (χ3n) is 11.8. The van der Waals surface area contributed by atoms with Crippen LogP contribution < -0.4 is 0 Å². The van der Waals surface area contributed by atoms with Crippen LogP contribution in [0.15, 0.2) is 211 Å². The number of furan rings is 1. The first-order valence-electron chi connectivity index (χ1n) is 23.6. The van der Waals surface area contributed by atoms with Crippen molar-refractivity contribution in [2.45, 2.75) is 0 Å². The predicted molar refractivity (Wildman–Crippen MR) is 262 cm³/mol. The average Bonchev–Trinajstić information content (AvgIpc) is 4.08. The maximum absolute atomic E-state index is 9.28. The minimum atomic E-state index is -0.159. The van der Waals surface area contributed by atoms with Crippen LogP contribution in [0.1, 0.15) is 8.22 Å². The fourth-order valence-electron chi connectivity index (χ4n) is 8.97. The molecule has 0 aliphatic rings. The molecule has 63 heavy (non-hydrogen) atoms. The van der Waals surface area contributed by atoms with E-state index in [1.54, 1.807) is 15.9 Å². The summed E-state index contributed by atoms with van der Waals surface area (Å²) in [7, 11) is 0. The Hall–Kier alpha value is -8.19. The third-order valence-corrected chi connectivity index (χ3v) is 13.0. The van der Waals surface area contributed by atoms with E-state index >= 15 is 0 Å². The molecule has 13 rings (SSSR count). The molecule has 0 aliphatic heterocycles. The van der Waals surface area contributed by atoms with Crippen LogP contribution in [-0.2, 0) is 0 Å². The summed E-state index contributed by atoms with van der Waals surface area (Å²) >= 11 is 1.70. The van der Waals surface area contributed by atoms with E-state index in [1.165, 1.54) is 12.1 Å². The number of fused-ring (bicyclic) bond motifs is 9. The number of thiophene rings is 1. The standard InChI is InChI=1S/C57H34N4OS/c1-3-15-35(16-4-1)55-58-56(36-17-5-2-6-18-36)60-57(59-55)38-29-31-45-51(34-38)62-50-27-14-22-39(53(45)50)37-30-32-49(61-47-25-10-7-19-40(47)41-20-8-11-26-48(41)61)46(33-37)44-24-13-23-43-42-21-9-12-28-52(42)63-54(43)44/h1-34H/i7D,8D,19D,20D,25D,26D. The summed E-state index contributed by atoms with van der Waals surface area (Å²) in [6, 6.07) is 54.7. The average molecular weight is 829 g/mol. The summed E-state index contributed by atoms with van der Waals surface area (Å²) in [6.45, 7) is 0. The molecule has 0 aliphatic carbocycles. The Morgan fingerprint density at radius 2 is 1.05 bits per heavy atom. The highest BCUT2D eigenvalue weighted by Gasteiger charge is 2.21. The number of para-hydroxylation sites is 2. The molecule has 9 aromatic carbocycles. The highest BCUT2D eigenvalue weighted by Crippen LogP contribution is 2.46. The Labute approximate surface area is 374 Å². The molecule has 0 atom stereocenters. The zero-order chi connectivity index (χ0) is 46.7. The van der Waals surface area contributed by atoms with Gasteiger partial charge in [-0.15, -0.1) is 11.3 Å². The molecule has 0 amide bonds. The molecule has 0 spiro atoms. The summed E-state index contributed by atoms with van der Waals surface area (Å²) in [5, 5.41) is 4.49. The van der Waals surface area contributed by atoms with Crippen LogP contribution >= 0.6 is 11.3 Å². The van der Waals surface area contributed by atoms with Gasteiger partial charge in [-0.25, -0.2) is 15.0 Å². The second kappa shape index (κ2) is 14.2. The van der Waals surface area contributed by atoms with Gasteiger partial charge in [0, 0.05) is 69.5 Å². The van der Waals surface area contributed by atoms with E-state index in [2.05, 4.69) is 42.5 Å². The van der Waals surface area contributed by atoms with Gasteiger partial charge in [0.15, 0.2) is 17.5 Å². The number of aromatic nitrogens is 4. The first kappa shape index (κ1) is 29.9. The van der Waals surface area contributed by atoms with Crippen molar-refractivity contribution < 1.29 is 12.6 Å². The quantitative estimate of drug-likeness (QED) is 0.168. The van der Waals surface area contributed by atoms with Crippen molar-refractivity contribution >= 4 is 75.3 Å². The van der Waals surface area contributed by atoms with Gasteiger partial charge in [-0.3, -0.25) is 0 Å². The topological polar surface area (TPSA) is 56.7 Å². The lowest BCUT2D eigenvalue weighted by atomic mass is 9.93. The van der Waals surface area contributed by atoms with Crippen LogP contribution in [0.3, 0.4) is 0 Å². The molecular weight excluding hydrogens is 789 g/mol. The van der Waals surface area contributed by atoms with E-state index in [0.717, 1.165) is 69.9 Å². The monoisotopic (exact) mass is 828 g/mol. The fraction of sp³-hybridized carbons (Fsp3) is 0. The Morgan fingerprint density at radius 1 is 0.429 bits per heavy atom. The van der Waals surface area contributed by atoms with Crippen LogP contribution in [0.2, 0.25) is 0 Å². The van der Waals surface area contributed by atoms with Crippen LogP contribution in [0.4, 0.5) is 0 Å². The molecule has 0 saturated carbocycles. The summed E-state index contributed by atoms with van der Waals surface area (Å²) in [6.07, 6.45) is 0. The smallest absolute Gasteiger partial charge is 0.164 e. The molecule has 0 N–H and O–H groups in total. The summed E-state index contributed by atoms with van der Waals surface area (Å²) in [4.78, 5) is 14.8.